The van der Waals surface area contributed by atoms with Gasteiger partial charge in [0.1, 0.15) is 24.4 Å². The van der Waals surface area contributed by atoms with Crippen LogP contribution in [0.25, 0.3) is 0 Å². The van der Waals surface area contributed by atoms with Crippen LogP contribution in [0.1, 0.15) is 23.6 Å². The molecule has 0 unspecified atom stereocenters. The molecule has 15 heteroatoms. The van der Waals surface area contributed by atoms with Crippen molar-refractivity contribution in [3.63, 3.8) is 0 Å². The highest BCUT2D eigenvalue weighted by Gasteiger charge is 2.27. The molecule has 0 aliphatic carbocycles. The molecule has 0 saturated carbocycles. The number of carbonyl (C=O) groups excluding carboxylic acids is 4. The topological polar surface area (TPSA) is 211 Å². The number of aliphatic hydroxyl groups excluding tert-OH is 1. The van der Waals surface area contributed by atoms with E-state index in [2.05, 4.69) is 37.1 Å². The number of nitrogens with zero attached hydrogens (tertiary/aromatic N) is 1. The molecule has 46 heavy (non-hydrogen) atoms. The zero-order valence-corrected chi connectivity index (χ0v) is 26.4. The third-order valence-electron chi connectivity index (χ3n) is 6.09. The van der Waals surface area contributed by atoms with Crippen molar-refractivity contribution in [2.24, 2.45) is 10.8 Å². The third kappa shape index (κ3) is 11.4. The van der Waals surface area contributed by atoms with Crippen molar-refractivity contribution in [3.8, 4) is 17.2 Å². The molecule has 14 nitrogen and oxygen atoms in total. The molecule has 0 radical (unpaired) electrons. The summed E-state index contributed by atoms with van der Waals surface area (Å²) in [5.41, 5.74) is 9.35. The Labute approximate surface area is 273 Å². The van der Waals surface area contributed by atoms with Gasteiger partial charge in [-0.3, -0.25) is 14.4 Å². The molecule has 3 rings (SSSR count). The summed E-state index contributed by atoms with van der Waals surface area (Å²) in [6.07, 6.45) is 0.366. The minimum Gasteiger partial charge on any atom is -0.508 e. The summed E-state index contributed by atoms with van der Waals surface area (Å²) in [7, 11) is 0. The van der Waals surface area contributed by atoms with E-state index in [1.54, 1.807) is 55.5 Å². The molecule has 0 aliphatic heterocycles. The number of hydrogen-bond donors (Lipinski definition) is 6. The molecular formula is C31H34BrN5O9. The maximum absolute atomic E-state index is 13.2. The number of alkyl carbamates (subject to hydrolysis) is 1. The summed E-state index contributed by atoms with van der Waals surface area (Å²) in [5.74, 6) is -1.66. The number of nitrogens with two attached hydrogens (primary N) is 1. The van der Waals surface area contributed by atoms with Crippen molar-refractivity contribution in [2.75, 3.05) is 19.8 Å². The number of primary amides is 1. The van der Waals surface area contributed by atoms with Gasteiger partial charge in [-0.2, -0.15) is 5.10 Å². The van der Waals surface area contributed by atoms with Gasteiger partial charge in [-0.1, -0.05) is 42.5 Å². The molecule has 0 bridgehead atoms. The van der Waals surface area contributed by atoms with E-state index in [0.717, 1.165) is 5.56 Å². The molecule has 3 aromatic rings. The lowest BCUT2D eigenvalue weighted by Gasteiger charge is -2.21. The number of nitrogens with one attached hydrogen (secondary N) is 3. The van der Waals surface area contributed by atoms with Crippen LogP contribution in [0.3, 0.4) is 0 Å². The molecule has 244 valence electrons. The smallest absolute Gasteiger partial charge is 0.408 e. The van der Waals surface area contributed by atoms with Gasteiger partial charge >= 0.3 is 6.09 Å². The molecule has 0 saturated heterocycles. The van der Waals surface area contributed by atoms with E-state index in [1.807, 2.05) is 6.07 Å². The third-order valence-corrected chi connectivity index (χ3v) is 6.68. The fourth-order valence-electron chi connectivity index (χ4n) is 3.91. The molecule has 0 fully saturated rings. The molecule has 0 spiro atoms. The molecule has 7 N–H and O–H groups in total. The Kier molecular flexibility index (Phi) is 13.8. The lowest BCUT2D eigenvalue weighted by atomic mass is 10.0. The largest absolute Gasteiger partial charge is 0.508 e. The van der Waals surface area contributed by atoms with E-state index >= 15 is 0 Å². The predicted molar refractivity (Wildman–Crippen MR) is 170 cm³/mol. The van der Waals surface area contributed by atoms with E-state index in [-0.39, 0.29) is 31.1 Å². The summed E-state index contributed by atoms with van der Waals surface area (Å²) in [4.78, 5) is 49.7. The van der Waals surface area contributed by atoms with E-state index in [4.69, 9.17) is 19.9 Å². The Morgan fingerprint density at radius 1 is 0.957 bits per heavy atom. The van der Waals surface area contributed by atoms with E-state index in [0.29, 0.717) is 28.0 Å². The van der Waals surface area contributed by atoms with Gasteiger partial charge < -0.3 is 40.8 Å². The van der Waals surface area contributed by atoms with Gasteiger partial charge in [0.15, 0.2) is 18.1 Å². The number of aromatic hydroxyl groups is 1. The van der Waals surface area contributed by atoms with E-state index in [9.17, 15) is 29.4 Å². The normalized spacial score (nSPS) is 12.1. The monoisotopic (exact) mass is 699 g/mol. The number of halogens is 1. The predicted octanol–water partition coefficient (Wildman–Crippen LogP) is 1.88. The first-order valence-corrected chi connectivity index (χ1v) is 14.8. The van der Waals surface area contributed by atoms with Crippen molar-refractivity contribution in [2.45, 2.75) is 32.0 Å². The number of phenolic OH excluding ortho intramolecular Hbond substituents is 1. The first-order valence-electron chi connectivity index (χ1n) is 14.0. The van der Waals surface area contributed by atoms with Crippen molar-refractivity contribution >= 4 is 46.0 Å². The number of benzene rings is 3. The van der Waals surface area contributed by atoms with Crippen LogP contribution in [0.5, 0.6) is 17.2 Å². The summed E-state index contributed by atoms with van der Waals surface area (Å²) >= 11 is 3.36. The zero-order chi connectivity index (χ0) is 33.5. The highest BCUT2D eigenvalue weighted by Crippen LogP contribution is 2.36. The van der Waals surface area contributed by atoms with Crippen LogP contribution >= 0.6 is 15.9 Å². The van der Waals surface area contributed by atoms with Gasteiger partial charge in [0.2, 0.25) is 5.91 Å². The summed E-state index contributed by atoms with van der Waals surface area (Å²) in [5, 5.41) is 28.2. The fraction of sp³-hybridized carbons (Fsp3) is 0.258. The Hall–Kier alpha value is -5.15. The average Bonchev–Trinajstić information content (AvgIpc) is 3.03. The van der Waals surface area contributed by atoms with Crippen LogP contribution < -0.4 is 31.3 Å². The van der Waals surface area contributed by atoms with Crippen LogP contribution in [0.4, 0.5) is 4.79 Å². The number of carbonyl (C=O) groups is 4. The highest BCUT2D eigenvalue weighted by atomic mass is 79.9. The summed E-state index contributed by atoms with van der Waals surface area (Å²) in [6.45, 7) is 0.873. The van der Waals surface area contributed by atoms with Crippen molar-refractivity contribution in [3.05, 3.63) is 87.9 Å². The number of phenols is 1. The molecule has 0 aromatic heterocycles. The van der Waals surface area contributed by atoms with Gasteiger partial charge in [0.05, 0.1) is 23.9 Å². The van der Waals surface area contributed by atoms with E-state index in [1.165, 1.54) is 18.3 Å². The minimum absolute atomic E-state index is 0.0144. The fourth-order valence-corrected chi connectivity index (χ4v) is 4.48. The lowest BCUT2D eigenvalue weighted by molar-refractivity contribution is -0.130. The second-order valence-electron chi connectivity index (χ2n) is 9.63. The van der Waals surface area contributed by atoms with Gasteiger partial charge in [0, 0.05) is 6.42 Å². The van der Waals surface area contributed by atoms with Crippen LogP contribution in [0.2, 0.25) is 0 Å². The highest BCUT2D eigenvalue weighted by molar-refractivity contribution is 9.10. The number of aliphatic hydroxyl groups is 1. The number of ether oxygens (including phenoxy) is 3. The second-order valence-corrected chi connectivity index (χ2v) is 10.5. The summed E-state index contributed by atoms with van der Waals surface area (Å²) in [6, 6.07) is 15.4. The molecule has 0 aliphatic rings. The Morgan fingerprint density at radius 2 is 1.67 bits per heavy atom. The first kappa shape index (κ1) is 35.3. The summed E-state index contributed by atoms with van der Waals surface area (Å²) < 4.78 is 16.6. The number of rotatable bonds is 16. The Morgan fingerprint density at radius 3 is 2.33 bits per heavy atom. The van der Waals surface area contributed by atoms with Gasteiger partial charge in [-0.25, -0.2) is 10.2 Å². The number of hydrazone groups is 1. The molecule has 2 atom stereocenters. The maximum atomic E-state index is 13.2. The standard InChI is InChI=1S/C31H34BrN5O9/c1-2-44-26-14-21(12-23(32)28(26)45-18-27(33)40)15-34-37-30(42)24(13-19-8-10-22(39)11-9-19)35-29(41)25(16-38)36-31(43)46-17-20-6-4-3-5-7-20/h3-12,14-15,24-25,38-39H,2,13,16-18H2,1H3,(H2,33,40)(H,35,41)(H,36,43)(H,37,42)/b34-15-/t24-,25-/m0/s1. The quantitative estimate of drug-likeness (QED) is 0.0951. The van der Waals surface area contributed by atoms with Gasteiger partial charge in [-0.15, -0.1) is 0 Å². The first-order chi connectivity index (χ1) is 22.1. The van der Waals surface area contributed by atoms with Gasteiger partial charge in [-0.05, 0) is 63.8 Å². The number of hydrogen-bond acceptors (Lipinski definition) is 10. The van der Waals surface area contributed by atoms with Gasteiger partial charge in [0.25, 0.3) is 11.8 Å². The van der Waals surface area contributed by atoms with Crippen LogP contribution in [0.15, 0.2) is 76.3 Å². The van der Waals surface area contributed by atoms with Crippen molar-refractivity contribution < 1.29 is 43.6 Å². The zero-order valence-electron chi connectivity index (χ0n) is 24.8. The minimum atomic E-state index is -1.42. The maximum Gasteiger partial charge on any atom is 0.408 e. The second kappa shape index (κ2) is 18.0. The molecule has 4 amide bonds. The van der Waals surface area contributed by atoms with Crippen molar-refractivity contribution in [1.82, 2.24) is 16.1 Å². The Bertz CT molecular complexity index is 1520. The molecule has 0 heterocycles. The SMILES string of the molecule is CCOc1cc(/C=N\NC(=O)[C@H](Cc2ccc(O)cc2)NC(=O)[C@H](CO)NC(=O)OCc2ccccc2)cc(Br)c1OCC(N)=O. The number of amides is 4. The van der Waals surface area contributed by atoms with E-state index < -0.39 is 42.5 Å². The molecular weight excluding hydrogens is 666 g/mol. The van der Waals surface area contributed by atoms with Crippen LogP contribution in [-0.4, -0.2) is 72.1 Å². The van der Waals surface area contributed by atoms with Crippen LogP contribution in [-0.2, 0) is 32.1 Å². The van der Waals surface area contributed by atoms with Crippen LogP contribution in [0, 0.1) is 0 Å². The Balaban J connectivity index is 1.71. The average molecular weight is 701 g/mol. The lowest BCUT2D eigenvalue weighted by Crippen LogP contribution is -2.55. The van der Waals surface area contributed by atoms with Crippen molar-refractivity contribution in [1.29, 1.82) is 0 Å². The molecule has 3 aromatic carbocycles.